The predicted octanol–water partition coefficient (Wildman–Crippen LogP) is 5.31. The lowest BCUT2D eigenvalue weighted by Crippen LogP contribution is -2.50. The number of ether oxygens (including phenoxy) is 1. The molecule has 0 amide bonds. The minimum absolute atomic E-state index is 0.304. The summed E-state index contributed by atoms with van der Waals surface area (Å²) in [7, 11) is 0. The molecular formula is C23H25F3N2O2S. The van der Waals surface area contributed by atoms with Crippen molar-refractivity contribution in [3.8, 4) is 16.9 Å². The summed E-state index contributed by atoms with van der Waals surface area (Å²) in [6.07, 6.45) is 1.69. The zero-order valence-corrected chi connectivity index (χ0v) is 18.3. The van der Waals surface area contributed by atoms with Gasteiger partial charge < -0.3 is 9.84 Å². The topological polar surface area (TPSA) is 55.2 Å². The zero-order chi connectivity index (χ0) is 22.3. The largest absolute Gasteiger partial charge is 0.493 e. The summed E-state index contributed by atoms with van der Waals surface area (Å²) in [5.41, 5.74) is -0.546. The van der Waals surface area contributed by atoms with Gasteiger partial charge in [0.1, 0.15) is 12.1 Å². The second kappa shape index (κ2) is 8.13. The van der Waals surface area contributed by atoms with Crippen LogP contribution in [0.2, 0.25) is 0 Å². The molecule has 31 heavy (non-hydrogen) atoms. The first-order chi connectivity index (χ1) is 14.6. The normalized spacial score (nSPS) is 20.4. The molecule has 4 rings (SSSR count). The van der Waals surface area contributed by atoms with Gasteiger partial charge in [0.2, 0.25) is 0 Å². The van der Waals surface area contributed by atoms with E-state index in [2.05, 4.69) is 9.97 Å². The molecule has 0 aliphatic carbocycles. The van der Waals surface area contributed by atoms with Crippen molar-refractivity contribution >= 4 is 11.8 Å². The molecule has 166 valence electrons. The maximum atomic E-state index is 14.1. The summed E-state index contributed by atoms with van der Waals surface area (Å²) in [6, 6.07) is 3.84. The highest BCUT2D eigenvalue weighted by molar-refractivity contribution is 8.02. The Morgan fingerprint density at radius 3 is 2.55 bits per heavy atom. The number of nitrogens with zero attached hydrogens (tertiary/aromatic N) is 2. The van der Waals surface area contributed by atoms with E-state index in [9.17, 15) is 18.3 Å². The standard InChI is InChI=1S/C23H25F3N2O2S/c1-21(2,13-22(29,23(24,25)26)9-15-4-6-31-12-15)19-8-17(18-10-27-14-28-11-18)7-16-3-5-30-20(16)19/h4,6-8,10-11,14-15,29H,3,5,9,12-13H2,1-2H3. The zero-order valence-electron chi connectivity index (χ0n) is 17.4. The summed E-state index contributed by atoms with van der Waals surface area (Å²) in [6.45, 7) is 3.97. The number of alkyl halides is 3. The maximum Gasteiger partial charge on any atom is 0.417 e. The quantitative estimate of drug-likeness (QED) is 0.647. The lowest BCUT2D eigenvalue weighted by atomic mass is 9.71. The molecule has 2 unspecified atom stereocenters. The molecular weight excluding hydrogens is 425 g/mol. The van der Waals surface area contributed by atoms with Crippen LogP contribution >= 0.6 is 11.8 Å². The molecule has 0 bridgehead atoms. The molecule has 4 nitrogen and oxygen atoms in total. The molecule has 1 N–H and O–H groups in total. The fraction of sp³-hybridized carbons (Fsp3) is 0.478. The number of aromatic nitrogens is 2. The van der Waals surface area contributed by atoms with Crippen molar-refractivity contribution in [2.45, 2.75) is 50.3 Å². The van der Waals surface area contributed by atoms with E-state index >= 15 is 0 Å². The molecule has 3 heterocycles. The van der Waals surface area contributed by atoms with Gasteiger partial charge in [0, 0.05) is 35.7 Å². The third-order valence-electron chi connectivity index (χ3n) is 6.03. The van der Waals surface area contributed by atoms with Crippen molar-refractivity contribution in [2.75, 3.05) is 12.4 Å². The molecule has 0 spiro atoms. The van der Waals surface area contributed by atoms with Crippen LogP contribution in [0.25, 0.3) is 11.1 Å². The molecule has 0 fully saturated rings. The van der Waals surface area contributed by atoms with Gasteiger partial charge in [-0.15, -0.1) is 11.8 Å². The Morgan fingerprint density at radius 2 is 1.90 bits per heavy atom. The lowest BCUT2D eigenvalue weighted by molar-refractivity contribution is -0.271. The van der Waals surface area contributed by atoms with Gasteiger partial charge in [-0.2, -0.15) is 13.2 Å². The van der Waals surface area contributed by atoms with Crippen molar-refractivity contribution in [2.24, 2.45) is 5.92 Å². The first-order valence-electron chi connectivity index (χ1n) is 10.2. The Hall–Kier alpha value is -2.06. The van der Waals surface area contributed by atoms with E-state index in [1.165, 1.54) is 18.1 Å². The van der Waals surface area contributed by atoms with E-state index in [-0.39, 0.29) is 12.3 Å². The van der Waals surface area contributed by atoms with Crippen LogP contribution < -0.4 is 4.74 Å². The number of halogens is 3. The Bertz CT molecular complexity index is 979. The van der Waals surface area contributed by atoms with E-state index in [1.807, 2.05) is 12.1 Å². The van der Waals surface area contributed by atoms with Crippen molar-refractivity contribution in [1.82, 2.24) is 9.97 Å². The highest BCUT2D eigenvalue weighted by Crippen LogP contribution is 2.49. The summed E-state index contributed by atoms with van der Waals surface area (Å²) < 4.78 is 48.1. The van der Waals surface area contributed by atoms with Crippen LogP contribution in [0, 0.1) is 5.92 Å². The first kappa shape index (κ1) is 22.1. The number of thioether (sulfide) groups is 1. The van der Waals surface area contributed by atoms with Crippen LogP contribution in [0.5, 0.6) is 5.75 Å². The minimum atomic E-state index is -4.74. The molecule has 1 aromatic carbocycles. The van der Waals surface area contributed by atoms with Gasteiger partial charge in [-0.25, -0.2) is 9.97 Å². The van der Waals surface area contributed by atoms with E-state index in [4.69, 9.17) is 4.74 Å². The average Bonchev–Trinajstić information content (AvgIpc) is 3.38. The number of hydrogen-bond donors (Lipinski definition) is 1. The lowest BCUT2D eigenvalue weighted by Gasteiger charge is -2.39. The number of benzene rings is 1. The molecule has 2 aliphatic heterocycles. The van der Waals surface area contributed by atoms with Gasteiger partial charge in [-0.1, -0.05) is 19.9 Å². The molecule has 1 aromatic heterocycles. The number of rotatable bonds is 6. The Morgan fingerprint density at radius 1 is 1.16 bits per heavy atom. The van der Waals surface area contributed by atoms with Crippen LogP contribution in [0.4, 0.5) is 13.2 Å². The molecule has 0 radical (unpaired) electrons. The van der Waals surface area contributed by atoms with Gasteiger partial charge >= 0.3 is 6.18 Å². The SMILES string of the molecule is CC(C)(CC(O)(CC1C=CSC1)C(F)(F)F)c1cc(-c2cncnc2)cc2c1OCC2. The van der Waals surface area contributed by atoms with E-state index in [1.54, 1.807) is 37.7 Å². The third kappa shape index (κ3) is 4.46. The Balaban J connectivity index is 1.73. The molecule has 0 saturated heterocycles. The minimum Gasteiger partial charge on any atom is -0.493 e. The fourth-order valence-corrected chi connectivity index (χ4v) is 5.42. The van der Waals surface area contributed by atoms with Crippen LogP contribution in [0.15, 0.2) is 42.3 Å². The van der Waals surface area contributed by atoms with Crippen molar-refractivity contribution < 1.29 is 23.0 Å². The smallest absolute Gasteiger partial charge is 0.417 e. The monoisotopic (exact) mass is 450 g/mol. The average molecular weight is 451 g/mol. The number of aliphatic hydroxyl groups is 1. The highest BCUT2D eigenvalue weighted by atomic mass is 32.2. The van der Waals surface area contributed by atoms with Gasteiger partial charge in [0.05, 0.1) is 6.61 Å². The maximum absolute atomic E-state index is 14.1. The summed E-state index contributed by atoms with van der Waals surface area (Å²) in [5, 5.41) is 12.7. The number of fused-ring (bicyclic) bond motifs is 1. The van der Waals surface area contributed by atoms with Crippen molar-refractivity contribution in [3.05, 3.63) is 53.5 Å². The molecule has 8 heteroatoms. The molecule has 2 aliphatic rings. The number of allylic oxidation sites excluding steroid dienone is 1. The van der Waals surface area contributed by atoms with Crippen LogP contribution in [-0.2, 0) is 11.8 Å². The first-order valence-corrected chi connectivity index (χ1v) is 11.3. The Labute approximate surface area is 183 Å². The predicted molar refractivity (Wildman–Crippen MR) is 115 cm³/mol. The highest BCUT2D eigenvalue weighted by Gasteiger charge is 2.56. The van der Waals surface area contributed by atoms with Crippen molar-refractivity contribution in [3.63, 3.8) is 0 Å². The fourth-order valence-electron chi connectivity index (χ4n) is 4.50. The third-order valence-corrected chi connectivity index (χ3v) is 7.00. The summed E-state index contributed by atoms with van der Waals surface area (Å²) in [5.74, 6) is 0.884. The van der Waals surface area contributed by atoms with Crippen LogP contribution in [-0.4, -0.2) is 39.2 Å². The van der Waals surface area contributed by atoms with Crippen molar-refractivity contribution in [1.29, 1.82) is 0 Å². The van der Waals surface area contributed by atoms with E-state index in [0.29, 0.717) is 30.1 Å². The van der Waals surface area contributed by atoms with Crippen LogP contribution in [0.3, 0.4) is 0 Å². The second-order valence-corrected chi connectivity index (χ2v) is 9.89. The van der Waals surface area contributed by atoms with Gasteiger partial charge in [0.15, 0.2) is 5.60 Å². The molecule has 2 atom stereocenters. The number of hydrogen-bond acceptors (Lipinski definition) is 5. The molecule has 2 aromatic rings. The van der Waals surface area contributed by atoms with Crippen LogP contribution in [0.1, 0.15) is 37.8 Å². The van der Waals surface area contributed by atoms with E-state index in [0.717, 1.165) is 16.7 Å². The Kier molecular flexibility index (Phi) is 5.81. The van der Waals surface area contributed by atoms with Gasteiger partial charge in [-0.05, 0) is 52.8 Å². The second-order valence-electron chi connectivity index (χ2n) is 8.95. The summed E-state index contributed by atoms with van der Waals surface area (Å²) in [4.78, 5) is 8.11. The van der Waals surface area contributed by atoms with Gasteiger partial charge in [-0.3, -0.25) is 0 Å². The van der Waals surface area contributed by atoms with E-state index < -0.39 is 23.6 Å². The summed E-state index contributed by atoms with van der Waals surface area (Å²) >= 11 is 1.47. The molecule has 0 saturated carbocycles. The van der Waals surface area contributed by atoms with Gasteiger partial charge in [0.25, 0.3) is 0 Å².